The SMILES string of the molecule is CCN(CC)S(=O)(=O)c1cc(NC(=O)C(C)Sc2ccc(OC)cc2)ccc1Cl. The second kappa shape index (κ2) is 10.3. The van der Waals surface area contributed by atoms with Gasteiger partial charge in [0.2, 0.25) is 15.9 Å². The Morgan fingerprint density at radius 2 is 1.79 bits per heavy atom. The van der Waals surface area contributed by atoms with Gasteiger partial charge >= 0.3 is 0 Å². The first-order valence-electron chi connectivity index (χ1n) is 9.14. The lowest BCUT2D eigenvalue weighted by molar-refractivity contribution is -0.115. The van der Waals surface area contributed by atoms with Gasteiger partial charge in [0.15, 0.2) is 0 Å². The zero-order chi connectivity index (χ0) is 21.6. The molecule has 0 saturated carbocycles. The summed E-state index contributed by atoms with van der Waals surface area (Å²) < 4.78 is 32.0. The molecule has 9 heteroatoms. The highest BCUT2D eigenvalue weighted by molar-refractivity contribution is 8.00. The van der Waals surface area contributed by atoms with Crippen molar-refractivity contribution in [2.45, 2.75) is 35.8 Å². The minimum absolute atomic E-state index is 0.0175. The second-order valence-corrected chi connectivity index (χ2v) is 9.89. The second-order valence-electron chi connectivity index (χ2n) is 6.16. The number of anilines is 1. The van der Waals surface area contributed by atoms with Crippen LogP contribution in [0.3, 0.4) is 0 Å². The normalized spacial score (nSPS) is 12.6. The molecule has 158 valence electrons. The minimum atomic E-state index is -3.73. The van der Waals surface area contributed by atoms with E-state index in [0.717, 1.165) is 10.6 Å². The fourth-order valence-electron chi connectivity index (χ4n) is 2.64. The molecule has 1 unspecified atom stereocenters. The molecule has 0 heterocycles. The molecule has 0 aromatic heterocycles. The van der Waals surface area contributed by atoms with E-state index in [2.05, 4.69) is 5.32 Å². The van der Waals surface area contributed by atoms with Gasteiger partial charge < -0.3 is 10.1 Å². The first-order valence-corrected chi connectivity index (χ1v) is 11.8. The third kappa shape index (κ3) is 5.88. The quantitative estimate of drug-likeness (QED) is 0.562. The number of ether oxygens (including phenoxy) is 1. The lowest BCUT2D eigenvalue weighted by Crippen LogP contribution is -2.31. The molecule has 1 amide bonds. The zero-order valence-corrected chi connectivity index (χ0v) is 19.2. The van der Waals surface area contributed by atoms with E-state index in [1.807, 2.05) is 24.3 Å². The summed E-state index contributed by atoms with van der Waals surface area (Å²) in [4.78, 5) is 13.5. The first kappa shape index (κ1) is 23.5. The van der Waals surface area contributed by atoms with Crippen LogP contribution in [0.25, 0.3) is 0 Å². The number of amides is 1. The molecule has 2 aromatic rings. The van der Waals surface area contributed by atoms with Gasteiger partial charge in [-0.2, -0.15) is 4.31 Å². The van der Waals surface area contributed by atoms with E-state index in [0.29, 0.717) is 18.8 Å². The lowest BCUT2D eigenvalue weighted by atomic mass is 10.3. The average molecular weight is 457 g/mol. The Morgan fingerprint density at radius 3 is 2.34 bits per heavy atom. The molecule has 1 atom stereocenters. The van der Waals surface area contributed by atoms with Crippen LogP contribution in [-0.2, 0) is 14.8 Å². The molecule has 0 radical (unpaired) electrons. The van der Waals surface area contributed by atoms with Crippen LogP contribution in [0.5, 0.6) is 5.75 Å². The number of benzene rings is 2. The van der Waals surface area contributed by atoms with E-state index in [-0.39, 0.29) is 21.1 Å². The van der Waals surface area contributed by atoms with Gasteiger partial charge in [0, 0.05) is 23.7 Å². The first-order chi connectivity index (χ1) is 13.7. The van der Waals surface area contributed by atoms with Crippen LogP contribution in [0.2, 0.25) is 5.02 Å². The average Bonchev–Trinajstić information content (AvgIpc) is 2.70. The largest absolute Gasteiger partial charge is 0.497 e. The molecule has 29 heavy (non-hydrogen) atoms. The van der Waals surface area contributed by atoms with E-state index in [1.165, 1.54) is 28.2 Å². The Kier molecular flexibility index (Phi) is 8.39. The fraction of sp³-hybridized carbons (Fsp3) is 0.350. The molecule has 0 saturated heterocycles. The summed E-state index contributed by atoms with van der Waals surface area (Å²) in [6.45, 7) is 5.98. The number of rotatable bonds is 9. The molecule has 0 fully saturated rings. The molecule has 2 aromatic carbocycles. The molecule has 0 aliphatic rings. The number of hydrogen-bond donors (Lipinski definition) is 1. The third-order valence-corrected chi connectivity index (χ3v) is 7.91. The maximum atomic E-state index is 12.8. The van der Waals surface area contributed by atoms with Crippen molar-refractivity contribution in [3.05, 3.63) is 47.5 Å². The van der Waals surface area contributed by atoms with Crippen LogP contribution < -0.4 is 10.1 Å². The lowest BCUT2D eigenvalue weighted by Gasteiger charge is -2.20. The standard InChI is InChI=1S/C20H25ClN2O4S2/c1-5-23(6-2)29(25,26)19-13-15(7-12-18(19)21)22-20(24)14(3)28-17-10-8-16(27-4)9-11-17/h7-14H,5-6H2,1-4H3,(H,22,24). The van der Waals surface area contributed by atoms with Crippen LogP contribution in [0, 0.1) is 0 Å². The van der Waals surface area contributed by atoms with Crippen molar-refractivity contribution in [1.29, 1.82) is 0 Å². The summed E-state index contributed by atoms with van der Waals surface area (Å²) in [6, 6.07) is 11.9. The number of methoxy groups -OCH3 is 1. The van der Waals surface area contributed by atoms with E-state index in [4.69, 9.17) is 16.3 Å². The van der Waals surface area contributed by atoms with Gasteiger partial charge in [0.05, 0.1) is 17.4 Å². The maximum Gasteiger partial charge on any atom is 0.244 e. The summed E-state index contributed by atoms with van der Waals surface area (Å²) in [5.74, 6) is 0.508. The van der Waals surface area contributed by atoms with Crippen LogP contribution in [0.4, 0.5) is 5.69 Å². The zero-order valence-electron chi connectivity index (χ0n) is 16.8. The van der Waals surface area contributed by atoms with E-state index < -0.39 is 10.0 Å². The van der Waals surface area contributed by atoms with E-state index in [9.17, 15) is 13.2 Å². The Balaban J connectivity index is 2.15. The van der Waals surface area contributed by atoms with Gasteiger partial charge in [0.25, 0.3) is 0 Å². The Bertz CT molecular complexity index is 945. The summed E-state index contributed by atoms with van der Waals surface area (Å²) >= 11 is 7.53. The van der Waals surface area contributed by atoms with Crippen molar-refractivity contribution >= 4 is 45.0 Å². The number of nitrogens with one attached hydrogen (secondary N) is 1. The maximum absolute atomic E-state index is 12.8. The van der Waals surface area contributed by atoms with Crippen molar-refractivity contribution in [1.82, 2.24) is 4.31 Å². The van der Waals surface area contributed by atoms with Crippen molar-refractivity contribution in [3.63, 3.8) is 0 Å². The van der Waals surface area contributed by atoms with Crippen molar-refractivity contribution in [2.75, 3.05) is 25.5 Å². The molecule has 0 aliphatic carbocycles. The number of thioether (sulfide) groups is 1. The predicted octanol–water partition coefficient (Wildman–Crippen LogP) is 4.50. The monoisotopic (exact) mass is 456 g/mol. The van der Waals surface area contributed by atoms with E-state index in [1.54, 1.807) is 33.9 Å². The van der Waals surface area contributed by atoms with Crippen molar-refractivity contribution in [2.24, 2.45) is 0 Å². The highest BCUT2D eigenvalue weighted by Crippen LogP contribution is 2.29. The Labute approximate surface area is 181 Å². The highest BCUT2D eigenvalue weighted by Gasteiger charge is 2.25. The molecule has 0 spiro atoms. The number of carbonyl (C=O) groups excluding carboxylic acids is 1. The summed E-state index contributed by atoms with van der Waals surface area (Å²) in [7, 11) is -2.14. The Morgan fingerprint density at radius 1 is 1.17 bits per heavy atom. The van der Waals surface area contributed by atoms with Gasteiger partial charge in [-0.1, -0.05) is 25.4 Å². The molecule has 1 N–H and O–H groups in total. The van der Waals surface area contributed by atoms with Crippen molar-refractivity contribution in [3.8, 4) is 5.75 Å². The molecule has 0 bridgehead atoms. The topological polar surface area (TPSA) is 75.7 Å². The summed E-state index contributed by atoms with van der Waals surface area (Å²) in [5.41, 5.74) is 0.382. The van der Waals surface area contributed by atoms with Crippen LogP contribution in [-0.4, -0.2) is 44.1 Å². The van der Waals surface area contributed by atoms with Gasteiger partial charge in [-0.15, -0.1) is 11.8 Å². The molecule has 0 aliphatic heterocycles. The molecular formula is C20H25ClN2O4S2. The van der Waals surface area contributed by atoms with Crippen LogP contribution in [0.15, 0.2) is 52.3 Å². The summed E-state index contributed by atoms with van der Waals surface area (Å²) in [5, 5.41) is 2.51. The van der Waals surface area contributed by atoms with Gasteiger partial charge in [0.1, 0.15) is 10.6 Å². The third-order valence-electron chi connectivity index (χ3n) is 4.26. The predicted molar refractivity (Wildman–Crippen MR) is 119 cm³/mol. The minimum Gasteiger partial charge on any atom is -0.497 e. The van der Waals surface area contributed by atoms with Crippen LogP contribution >= 0.6 is 23.4 Å². The number of hydrogen-bond acceptors (Lipinski definition) is 5. The molecule has 2 rings (SSSR count). The van der Waals surface area contributed by atoms with Crippen LogP contribution in [0.1, 0.15) is 20.8 Å². The van der Waals surface area contributed by atoms with Gasteiger partial charge in [-0.05, 0) is 49.4 Å². The number of sulfonamides is 1. The Hall–Kier alpha value is -1.74. The molecular weight excluding hydrogens is 432 g/mol. The van der Waals surface area contributed by atoms with Gasteiger partial charge in [-0.3, -0.25) is 4.79 Å². The highest BCUT2D eigenvalue weighted by atomic mass is 35.5. The molecule has 6 nitrogen and oxygen atoms in total. The fourth-order valence-corrected chi connectivity index (χ4v) is 5.46. The number of nitrogens with zero attached hydrogens (tertiary/aromatic N) is 1. The number of halogens is 1. The smallest absolute Gasteiger partial charge is 0.244 e. The summed E-state index contributed by atoms with van der Waals surface area (Å²) in [6.07, 6.45) is 0. The number of carbonyl (C=O) groups is 1. The van der Waals surface area contributed by atoms with Gasteiger partial charge in [-0.25, -0.2) is 8.42 Å². The van der Waals surface area contributed by atoms with E-state index >= 15 is 0 Å². The van der Waals surface area contributed by atoms with Crippen molar-refractivity contribution < 1.29 is 17.9 Å².